The standard InChI is InChI=1S/C19H18N4O4/c1-2-27-19(26)13-7-9-14(10-8-13)20-17(24)11-12-23-18(25)15-5-3-4-6-16(15)21-22-23/h3-10H,2,11-12H2,1H3,(H,20,24). The van der Waals surface area contributed by atoms with Crippen LogP contribution in [0.4, 0.5) is 5.69 Å². The average molecular weight is 366 g/mol. The molecule has 3 aromatic rings. The molecule has 1 aromatic heterocycles. The van der Waals surface area contributed by atoms with E-state index in [-0.39, 0.29) is 24.4 Å². The monoisotopic (exact) mass is 366 g/mol. The van der Waals surface area contributed by atoms with Gasteiger partial charge < -0.3 is 10.1 Å². The van der Waals surface area contributed by atoms with Gasteiger partial charge in [-0.3, -0.25) is 9.59 Å². The summed E-state index contributed by atoms with van der Waals surface area (Å²) in [6.45, 7) is 2.15. The second kappa shape index (κ2) is 8.22. The van der Waals surface area contributed by atoms with Gasteiger partial charge in [-0.25, -0.2) is 9.48 Å². The zero-order valence-corrected chi connectivity index (χ0v) is 14.7. The van der Waals surface area contributed by atoms with Gasteiger partial charge in [-0.15, -0.1) is 5.10 Å². The van der Waals surface area contributed by atoms with Crippen LogP contribution >= 0.6 is 0 Å². The molecule has 1 amide bonds. The van der Waals surface area contributed by atoms with Gasteiger partial charge in [0.05, 0.1) is 24.1 Å². The number of benzene rings is 2. The van der Waals surface area contributed by atoms with Crippen molar-refractivity contribution in [1.29, 1.82) is 0 Å². The maximum absolute atomic E-state index is 12.3. The van der Waals surface area contributed by atoms with Crippen molar-refractivity contribution >= 4 is 28.5 Å². The minimum absolute atomic E-state index is 0.0621. The Morgan fingerprint density at radius 3 is 2.59 bits per heavy atom. The molecule has 0 spiro atoms. The Balaban J connectivity index is 1.61. The Morgan fingerprint density at radius 1 is 1.11 bits per heavy atom. The molecule has 1 heterocycles. The zero-order valence-electron chi connectivity index (χ0n) is 14.7. The van der Waals surface area contributed by atoms with Crippen LogP contribution in [0.5, 0.6) is 0 Å². The number of fused-ring (bicyclic) bond motifs is 1. The molecular formula is C19H18N4O4. The average Bonchev–Trinajstić information content (AvgIpc) is 2.68. The van der Waals surface area contributed by atoms with Crippen molar-refractivity contribution in [2.75, 3.05) is 11.9 Å². The molecule has 0 aliphatic heterocycles. The van der Waals surface area contributed by atoms with E-state index in [4.69, 9.17) is 4.74 Å². The highest BCUT2D eigenvalue weighted by Crippen LogP contribution is 2.11. The molecule has 1 N–H and O–H groups in total. The van der Waals surface area contributed by atoms with Crippen molar-refractivity contribution in [1.82, 2.24) is 15.0 Å². The first-order chi connectivity index (χ1) is 13.1. The maximum Gasteiger partial charge on any atom is 0.338 e. The number of hydrogen-bond acceptors (Lipinski definition) is 6. The van der Waals surface area contributed by atoms with Gasteiger partial charge in [0.1, 0.15) is 5.52 Å². The van der Waals surface area contributed by atoms with E-state index in [0.29, 0.717) is 28.8 Å². The first-order valence-electron chi connectivity index (χ1n) is 8.48. The first-order valence-corrected chi connectivity index (χ1v) is 8.48. The minimum Gasteiger partial charge on any atom is -0.462 e. The van der Waals surface area contributed by atoms with Crippen molar-refractivity contribution in [2.24, 2.45) is 0 Å². The van der Waals surface area contributed by atoms with Gasteiger partial charge in [-0.1, -0.05) is 17.3 Å². The second-order valence-corrected chi connectivity index (χ2v) is 5.73. The number of amides is 1. The fourth-order valence-electron chi connectivity index (χ4n) is 2.50. The molecule has 0 aliphatic rings. The summed E-state index contributed by atoms with van der Waals surface area (Å²) in [6, 6.07) is 13.3. The lowest BCUT2D eigenvalue weighted by atomic mass is 10.2. The van der Waals surface area contributed by atoms with Gasteiger partial charge in [-0.05, 0) is 43.3 Å². The molecule has 0 fully saturated rings. The van der Waals surface area contributed by atoms with Crippen molar-refractivity contribution in [2.45, 2.75) is 19.9 Å². The zero-order chi connectivity index (χ0) is 19.2. The molecule has 2 aromatic carbocycles. The fourth-order valence-corrected chi connectivity index (χ4v) is 2.50. The third kappa shape index (κ3) is 4.35. The summed E-state index contributed by atoms with van der Waals surface area (Å²) < 4.78 is 6.08. The second-order valence-electron chi connectivity index (χ2n) is 5.73. The van der Waals surface area contributed by atoms with Crippen LogP contribution in [0.15, 0.2) is 53.3 Å². The molecule has 8 nitrogen and oxygen atoms in total. The third-order valence-corrected chi connectivity index (χ3v) is 3.86. The van der Waals surface area contributed by atoms with E-state index >= 15 is 0 Å². The van der Waals surface area contributed by atoms with Gasteiger partial charge >= 0.3 is 5.97 Å². The maximum atomic E-state index is 12.3. The molecule has 27 heavy (non-hydrogen) atoms. The third-order valence-electron chi connectivity index (χ3n) is 3.86. The summed E-state index contributed by atoms with van der Waals surface area (Å²) in [5, 5.41) is 11.0. The number of esters is 1. The highest BCUT2D eigenvalue weighted by atomic mass is 16.5. The lowest BCUT2D eigenvalue weighted by molar-refractivity contribution is -0.116. The number of carbonyl (C=O) groups excluding carboxylic acids is 2. The number of ether oxygens (including phenoxy) is 1. The molecular weight excluding hydrogens is 348 g/mol. The predicted molar refractivity (Wildman–Crippen MR) is 99.4 cm³/mol. The van der Waals surface area contributed by atoms with Gasteiger partial charge in [-0.2, -0.15) is 0 Å². The molecule has 8 heteroatoms. The molecule has 0 radical (unpaired) electrons. The summed E-state index contributed by atoms with van der Waals surface area (Å²) >= 11 is 0. The van der Waals surface area contributed by atoms with Gasteiger partial charge in [0.25, 0.3) is 5.56 Å². The van der Waals surface area contributed by atoms with Crippen molar-refractivity contribution in [3.63, 3.8) is 0 Å². The van der Waals surface area contributed by atoms with E-state index in [1.165, 1.54) is 4.68 Å². The summed E-state index contributed by atoms with van der Waals surface area (Å²) in [4.78, 5) is 36.1. The Kier molecular flexibility index (Phi) is 5.55. The molecule has 138 valence electrons. The molecule has 0 saturated heterocycles. The number of nitrogens with one attached hydrogen (secondary N) is 1. The van der Waals surface area contributed by atoms with E-state index < -0.39 is 5.97 Å². The fraction of sp³-hybridized carbons (Fsp3) is 0.211. The van der Waals surface area contributed by atoms with Gasteiger partial charge in [0.15, 0.2) is 0 Å². The topological polar surface area (TPSA) is 103 Å². The summed E-state index contributed by atoms with van der Waals surface area (Å²) in [7, 11) is 0. The lowest BCUT2D eigenvalue weighted by Crippen LogP contribution is -2.26. The van der Waals surface area contributed by atoms with E-state index in [1.54, 1.807) is 55.5 Å². The van der Waals surface area contributed by atoms with Crippen LogP contribution < -0.4 is 10.9 Å². The van der Waals surface area contributed by atoms with E-state index in [2.05, 4.69) is 15.6 Å². The Morgan fingerprint density at radius 2 is 1.85 bits per heavy atom. The summed E-state index contributed by atoms with van der Waals surface area (Å²) in [5.74, 6) is -0.689. The van der Waals surface area contributed by atoms with Crippen LogP contribution in [0.25, 0.3) is 10.9 Å². The highest BCUT2D eigenvalue weighted by molar-refractivity contribution is 5.93. The Bertz CT molecular complexity index is 1030. The van der Waals surface area contributed by atoms with Crippen LogP contribution in [0.2, 0.25) is 0 Å². The first kappa shape index (κ1) is 18.2. The van der Waals surface area contributed by atoms with Crippen LogP contribution in [0, 0.1) is 0 Å². The number of aryl methyl sites for hydroxylation is 1. The summed E-state index contributed by atoms with van der Waals surface area (Å²) in [5.41, 5.74) is 1.19. The van der Waals surface area contributed by atoms with E-state index in [9.17, 15) is 14.4 Å². The molecule has 0 unspecified atom stereocenters. The number of anilines is 1. The van der Waals surface area contributed by atoms with Crippen LogP contribution in [-0.2, 0) is 16.1 Å². The molecule has 0 aliphatic carbocycles. The smallest absolute Gasteiger partial charge is 0.338 e. The highest BCUT2D eigenvalue weighted by Gasteiger charge is 2.09. The SMILES string of the molecule is CCOC(=O)c1ccc(NC(=O)CCn2nnc3ccccc3c2=O)cc1. The Labute approximate surface area is 154 Å². The summed E-state index contributed by atoms with van der Waals surface area (Å²) in [6.07, 6.45) is 0.0621. The number of aromatic nitrogens is 3. The van der Waals surface area contributed by atoms with E-state index in [0.717, 1.165) is 0 Å². The number of nitrogens with zero attached hydrogens (tertiary/aromatic N) is 3. The van der Waals surface area contributed by atoms with Gasteiger partial charge in [0, 0.05) is 12.1 Å². The quantitative estimate of drug-likeness (QED) is 0.669. The van der Waals surface area contributed by atoms with Crippen LogP contribution in [0.3, 0.4) is 0 Å². The lowest BCUT2D eigenvalue weighted by Gasteiger charge is -2.07. The largest absolute Gasteiger partial charge is 0.462 e. The number of hydrogen-bond donors (Lipinski definition) is 1. The minimum atomic E-state index is -0.412. The molecule has 0 bridgehead atoms. The van der Waals surface area contributed by atoms with Gasteiger partial charge in [0.2, 0.25) is 5.91 Å². The van der Waals surface area contributed by atoms with Crippen LogP contribution in [-0.4, -0.2) is 33.5 Å². The predicted octanol–water partition coefficient (Wildman–Crippen LogP) is 2.00. The molecule has 0 atom stereocenters. The number of rotatable bonds is 6. The van der Waals surface area contributed by atoms with Crippen LogP contribution in [0.1, 0.15) is 23.7 Å². The van der Waals surface area contributed by atoms with E-state index in [1.807, 2.05) is 0 Å². The van der Waals surface area contributed by atoms with Crippen molar-refractivity contribution < 1.29 is 14.3 Å². The molecule has 0 saturated carbocycles. The van der Waals surface area contributed by atoms with Crippen molar-refractivity contribution in [3.8, 4) is 0 Å². The number of carbonyl (C=O) groups is 2. The molecule has 3 rings (SSSR count). The normalized spacial score (nSPS) is 10.6. The Hall–Kier alpha value is -3.55. The van der Waals surface area contributed by atoms with Crippen molar-refractivity contribution in [3.05, 3.63) is 64.4 Å².